The third-order valence-corrected chi connectivity index (χ3v) is 5.89. The van der Waals surface area contributed by atoms with Gasteiger partial charge in [-0.1, -0.05) is 60.7 Å². The average molecular weight is 581 g/mol. The molecule has 0 fully saturated rings. The first-order valence-electron chi connectivity index (χ1n) is 13.3. The van der Waals surface area contributed by atoms with Crippen LogP contribution in [0.4, 0.5) is 11.6 Å². The van der Waals surface area contributed by atoms with Crippen molar-refractivity contribution in [3.05, 3.63) is 120 Å². The van der Waals surface area contributed by atoms with Gasteiger partial charge in [-0.25, -0.2) is 4.63 Å². The van der Waals surface area contributed by atoms with Crippen LogP contribution in [-0.4, -0.2) is 35.3 Å². The maximum atomic E-state index is 12.4. The Labute approximate surface area is 247 Å². The van der Waals surface area contributed by atoms with E-state index < -0.39 is 11.8 Å². The summed E-state index contributed by atoms with van der Waals surface area (Å²) in [6, 6.07) is 33.4. The van der Waals surface area contributed by atoms with E-state index in [1.165, 1.54) is 0 Å². The van der Waals surface area contributed by atoms with Gasteiger partial charge in [-0.2, -0.15) is 0 Å². The fourth-order valence-corrected chi connectivity index (χ4v) is 3.73. The molecule has 5 aromatic rings. The molecule has 0 atom stereocenters. The normalized spacial score (nSPS) is 10.4. The number of amides is 2. The quantitative estimate of drug-likeness (QED) is 0.180. The summed E-state index contributed by atoms with van der Waals surface area (Å²) in [6.07, 6.45) is 0. The van der Waals surface area contributed by atoms with Crippen molar-refractivity contribution in [1.82, 2.24) is 10.3 Å². The highest BCUT2D eigenvalue weighted by Crippen LogP contribution is 2.21. The Morgan fingerprint density at radius 1 is 0.512 bits per heavy atom. The van der Waals surface area contributed by atoms with Crippen molar-refractivity contribution in [3.63, 3.8) is 0 Å². The van der Waals surface area contributed by atoms with Crippen molar-refractivity contribution in [3.8, 4) is 23.0 Å². The monoisotopic (exact) mass is 580 g/mol. The molecule has 0 aliphatic rings. The van der Waals surface area contributed by atoms with Gasteiger partial charge in [0.2, 0.25) is 11.6 Å². The summed E-state index contributed by atoms with van der Waals surface area (Å²) in [4.78, 5) is 24.8. The van der Waals surface area contributed by atoms with Crippen molar-refractivity contribution in [2.24, 2.45) is 0 Å². The molecule has 11 nitrogen and oxygen atoms in total. The van der Waals surface area contributed by atoms with Crippen LogP contribution < -0.4 is 29.6 Å². The first-order valence-corrected chi connectivity index (χ1v) is 13.3. The van der Waals surface area contributed by atoms with E-state index in [1.54, 1.807) is 48.5 Å². The Morgan fingerprint density at radius 3 is 1.23 bits per heavy atom. The second-order valence-corrected chi connectivity index (χ2v) is 9.13. The van der Waals surface area contributed by atoms with Gasteiger partial charge in [0, 0.05) is 0 Å². The Morgan fingerprint density at radius 2 is 0.860 bits per heavy atom. The minimum absolute atomic E-state index is 0.0634. The second kappa shape index (κ2) is 14.7. The number of nitrogens with one attached hydrogen (secondary N) is 2. The Hall–Kier alpha value is -5.84. The zero-order chi connectivity index (χ0) is 29.7. The van der Waals surface area contributed by atoms with Crippen LogP contribution in [0.3, 0.4) is 0 Å². The molecule has 0 radical (unpaired) electrons. The largest absolute Gasteiger partial charge is 0.489 e. The molecule has 0 aliphatic heterocycles. The Bertz CT molecular complexity index is 1470. The summed E-state index contributed by atoms with van der Waals surface area (Å²) < 4.78 is 27.2. The van der Waals surface area contributed by atoms with E-state index in [1.807, 2.05) is 60.7 Å². The SMILES string of the molecule is O=C(COc1ccc(OCc2ccccc2)cc1)Nc1nonc1NC(=O)COc1ccc(OCc2ccccc2)cc1. The highest BCUT2D eigenvalue weighted by atomic mass is 16.6. The zero-order valence-corrected chi connectivity index (χ0v) is 23.0. The van der Waals surface area contributed by atoms with Gasteiger partial charge in [-0.05, 0) is 70.0 Å². The fourth-order valence-electron chi connectivity index (χ4n) is 3.73. The third kappa shape index (κ3) is 9.08. The van der Waals surface area contributed by atoms with Crippen molar-refractivity contribution in [2.75, 3.05) is 23.8 Å². The number of anilines is 2. The molecule has 0 aliphatic carbocycles. The lowest BCUT2D eigenvalue weighted by atomic mass is 10.2. The number of hydrogen-bond donors (Lipinski definition) is 2. The van der Waals surface area contributed by atoms with E-state index in [4.69, 9.17) is 18.9 Å². The Balaban J connectivity index is 1.02. The van der Waals surface area contributed by atoms with Crippen LogP contribution in [-0.2, 0) is 22.8 Å². The number of aromatic nitrogens is 2. The number of benzene rings is 4. The average Bonchev–Trinajstić information content (AvgIpc) is 3.48. The molecule has 0 saturated heterocycles. The molecule has 4 aromatic carbocycles. The van der Waals surface area contributed by atoms with Gasteiger partial charge in [0.1, 0.15) is 36.2 Å². The third-order valence-electron chi connectivity index (χ3n) is 5.89. The maximum Gasteiger partial charge on any atom is 0.263 e. The Kier molecular flexibility index (Phi) is 9.80. The van der Waals surface area contributed by atoms with Crippen LogP contribution in [0.25, 0.3) is 0 Å². The van der Waals surface area contributed by atoms with Crippen molar-refractivity contribution >= 4 is 23.5 Å². The summed E-state index contributed by atoms with van der Waals surface area (Å²) in [5.41, 5.74) is 2.11. The van der Waals surface area contributed by atoms with Crippen molar-refractivity contribution in [2.45, 2.75) is 13.2 Å². The molecule has 0 spiro atoms. The van der Waals surface area contributed by atoms with E-state index in [0.717, 1.165) is 11.1 Å². The van der Waals surface area contributed by atoms with Crippen LogP contribution in [0.15, 0.2) is 114 Å². The van der Waals surface area contributed by atoms with E-state index in [9.17, 15) is 9.59 Å². The topological polar surface area (TPSA) is 134 Å². The van der Waals surface area contributed by atoms with Gasteiger partial charge < -0.3 is 29.6 Å². The number of rotatable bonds is 14. The van der Waals surface area contributed by atoms with Crippen LogP contribution in [0.5, 0.6) is 23.0 Å². The van der Waals surface area contributed by atoms with Crippen LogP contribution in [0.2, 0.25) is 0 Å². The van der Waals surface area contributed by atoms with Gasteiger partial charge >= 0.3 is 0 Å². The number of carbonyl (C=O) groups is 2. The molecule has 0 bridgehead atoms. The summed E-state index contributed by atoms with van der Waals surface area (Å²) in [5.74, 6) is 1.11. The molecule has 0 saturated carbocycles. The number of nitrogens with zero attached hydrogens (tertiary/aromatic N) is 2. The molecule has 11 heteroatoms. The molecule has 43 heavy (non-hydrogen) atoms. The molecule has 1 heterocycles. The lowest BCUT2D eigenvalue weighted by Gasteiger charge is -2.09. The minimum atomic E-state index is -0.526. The van der Waals surface area contributed by atoms with Crippen LogP contribution in [0, 0.1) is 0 Å². The van der Waals surface area contributed by atoms with E-state index >= 15 is 0 Å². The lowest BCUT2D eigenvalue weighted by Crippen LogP contribution is -2.23. The van der Waals surface area contributed by atoms with E-state index in [-0.39, 0.29) is 24.8 Å². The van der Waals surface area contributed by atoms with Crippen LogP contribution >= 0.6 is 0 Å². The fraction of sp³-hybridized carbons (Fsp3) is 0.125. The molecular weight excluding hydrogens is 552 g/mol. The predicted molar refractivity (Wildman–Crippen MR) is 157 cm³/mol. The number of carbonyl (C=O) groups excluding carboxylic acids is 2. The van der Waals surface area contributed by atoms with Gasteiger partial charge in [-0.15, -0.1) is 0 Å². The summed E-state index contributed by atoms with van der Waals surface area (Å²) in [7, 11) is 0. The first kappa shape index (κ1) is 28.7. The molecule has 2 N–H and O–H groups in total. The highest BCUT2D eigenvalue weighted by Gasteiger charge is 2.16. The predicted octanol–water partition coefficient (Wildman–Crippen LogP) is 5.26. The van der Waals surface area contributed by atoms with Gasteiger partial charge in [0.05, 0.1) is 0 Å². The van der Waals surface area contributed by atoms with Gasteiger partial charge in [0.15, 0.2) is 13.2 Å². The lowest BCUT2D eigenvalue weighted by molar-refractivity contribution is -0.119. The zero-order valence-electron chi connectivity index (χ0n) is 23.0. The number of ether oxygens (including phenoxy) is 4. The molecule has 1 aromatic heterocycles. The van der Waals surface area contributed by atoms with Crippen molar-refractivity contribution in [1.29, 1.82) is 0 Å². The van der Waals surface area contributed by atoms with Crippen LogP contribution in [0.1, 0.15) is 11.1 Å². The minimum Gasteiger partial charge on any atom is -0.489 e. The smallest absolute Gasteiger partial charge is 0.263 e. The number of hydrogen-bond acceptors (Lipinski definition) is 9. The standard InChI is InChI=1S/C32H28N4O7/c37-29(21-41-27-15-11-25(12-16-27)39-19-23-7-3-1-4-8-23)33-31-32(36-43-35-31)34-30(38)22-42-28-17-13-26(14-18-28)40-20-24-9-5-2-6-10-24/h1-18H,19-22H2,(H,33,35,37)(H,34,36,38). The first-order chi connectivity index (χ1) is 21.1. The van der Waals surface area contributed by atoms with E-state index in [2.05, 4.69) is 25.6 Å². The summed E-state index contributed by atoms with van der Waals surface area (Å²) in [6.45, 7) is 0.272. The molecule has 5 rings (SSSR count). The second-order valence-electron chi connectivity index (χ2n) is 9.13. The molecule has 218 valence electrons. The highest BCUT2D eigenvalue weighted by molar-refractivity contribution is 5.98. The van der Waals surface area contributed by atoms with Gasteiger partial charge in [0.25, 0.3) is 11.8 Å². The summed E-state index contributed by atoms with van der Waals surface area (Å²) in [5, 5.41) is 12.2. The molecule has 0 unspecified atom stereocenters. The molecule has 2 amide bonds. The summed E-state index contributed by atoms with van der Waals surface area (Å²) >= 11 is 0. The maximum absolute atomic E-state index is 12.4. The van der Waals surface area contributed by atoms with Crippen molar-refractivity contribution < 1.29 is 33.2 Å². The van der Waals surface area contributed by atoms with E-state index in [0.29, 0.717) is 36.2 Å². The molecular formula is C32H28N4O7. The van der Waals surface area contributed by atoms with Gasteiger partial charge in [-0.3, -0.25) is 9.59 Å².